The van der Waals surface area contributed by atoms with E-state index < -0.39 is 11.7 Å². The maximum absolute atomic E-state index is 13.5. The Balaban J connectivity index is 1.70. The number of esters is 1. The molecule has 174 valence electrons. The van der Waals surface area contributed by atoms with Crippen LogP contribution in [-0.2, 0) is 25.4 Å². The van der Waals surface area contributed by atoms with Crippen LogP contribution in [0, 0.1) is 36.2 Å². The van der Waals surface area contributed by atoms with Crippen molar-refractivity contribution in [3.63, 3.8) is 0 Å². The first-order valence-electron chi connectivity index (χ1n) is 10.7. The molecule has 2 aliphatic heterocycles. The van der Waals surface area contributed by atoms with Crippen molar-refractivity contribution < 1.29 is 28.5 Å². The van der Waals surface area contributed by atoms with E-state index in [2.05, 4.69) is 20.9 Å². The maximum atomic E-state index is 13.5. The number of aromatic nitrogens is 2. The minimum atomic E-state index is -1.07. The van der Waals surface area contributed by atoms with E-state index in [1.807, 2.05) is 0 Å². The molecule has 9 nitrogen and oxygen atoms in total. The van der Waals surface area contributed by atoms with E-state index in [1.165, 1.54) is 0 Å². The summed E-state index contributed by atoms with van der Waals surface area (Å²) in [7, 11) is 0. The number of ether oxygens (including phenoxy) is 3. The average Bonchev–Trinajstić information content (AvgIpc) is 2.96. The molecule has 1 aromatic rings. The fraction of sp³-hybridized carbons (Fsp3) is 0.636. The lowest BCUT2D eigenvalue weighted by Crippen LogP contribution is -2.41. The first-order chi connectivity index (χ1) is 15.3. The van der Waals surface area contributed by atoms with Crippen molar-refractivity contribution >= 4 is 23.7 Å². The predicted octanol–water partition coefficient (Wildman–Crippen LogP) is 1.80. The summed E-state index contributed by atoms with van der Waals surface area (Å²) in [4.78, 5) is 23.4. The standard InChI is InChI=1S/C22H29FN4O5/c1-4-22(11-30-12-31-20(29)13(2)3)15(7-8-28)9-17(32-22)14-5-6-16-18(25-10-14)19(24)27-21(23)26-16/h1,10,13-15,17,28H,5-9,11-12H2,2-3H3,(H2,24,26,27)/t14?,15-,17+,22+/m0/s1. The number of anilines is 1. The summed E-state index contributed by atoms with van der Waals surface area (Å²) in [6.45, 7) is 3.19. The number of nitrogen functional groups attached to an aromatic ring is 1. The third-order valence-corrected chi connectivity index (χ3v) is 5.88. The van der Waals surface area contributed by atoms with Crippen LogP contribution in [0.5, 0.6) is 0 Å². The lowest BCUT2D eigenvalue weighted by molar-refractivity contribution is -0.167. The molecule has 0 spiro atoms. The van der Waals surface area contributed by atoms with Crippen molar-refractivity contribution in [3.8, 4) is 12.3 Å². The van der Waals surface area contributed by atoms with Crippen molar-refractivity contribution in [2.75, 3.05) is 25.7 Å². The number of aryl methyl sites for hydroxylation is 1. The third-order valence-electron chi connectivity index (χ3n) is 5.88. The summed E-state index contributed by atoms with van der Waals surface area (Å²) in [5.74, 6) is 1.78. The molecular weight excluding hydrogens is 419 g/mol. The molecule has 4 atom stereocenters. The summed E-state index contributed by atoms with van der Waals surface area (Å²) in [5, 5.41) is 9.55. The molecule has 32 heavy (non-hydrogen) atoms. The molecule has 1 unspecified atom stereocenters. The second kappa shape index (κ2) is 10.3. The van der Waals surface area contributed by atoms with Gasteiger partial charge in [0.1, 0.15) is 5.69 Å². The third kappa shape index (κ3) is 5.23. The quantitative estimate of drug-likeness (QED) is 0.202. The van der Waals surface area contributed by atoms with Gasteiger partial charge in [-0.25, -0.2) is 4.98 Å². The largest absolute Gasteiger partial charge is 0.438 e. The van der Waals surface area contributed by atoms with Crippen LogP contribution in [0.1, 0.15) is 38.8 Å². The van der Waals surface area contributed by atoms with Gasteiger partial charge in [-0.2, -0.15) is 9.37 Å². The average molecular weight is 448 g/mol. The van der Waals surface area contributed by atoms with E-state index in [0.717, 1.165) is 0 Å². The van der Waals surface area contributed by atoms with Gasteiger partial charge in [-0.05, 0) is 25.7 Å². The number of halogens is 1. The molecule has 2 aliphatic rings. The van der Waals surface area contributed by atoms with Crippen LogP contribution in [0.15, 0.2) is 4.99 Å². The number of aliphatic hydroxyl groups excluding tert-OH is 1. The summed E-state index contributed by atoms with van der Waals surface area (Å²) in [6.07, 6.45) is 8.49. The van der Waals surface area contributed by atoms with Gasteiger partial charge >= 0.3 is 12.0 Å². The Morgan fingerprint density at radius 2 is 2.28 bits per heavy atom. The van der Waals surface area contributed by atoms with Crippen molar-refractivity contribution in [1.29, 1.82) is 0 Å². The summed E-state index contributed by atoms with van der Waals surface area (Å²) in [5.41, 5.74) is 5.56. The summed E-state index contributed by atoms with van der Waals surface area (Å²) < 4.78 is 30.5. The van der Waals surface area contributed by atoms with Gasteiger partial charge in [0.2, 0.25) is 0 Å². The van der Waals surface area contributed by atoms with Gasteiger partial charge in [0.05, 0.1) is 24.3 Å². The van der Waals surface area contributed by atoms with Crippen LogP contribution < -0.4 is 5.73 Å². The van der Waals surface area contributed by atoms with Gasteiger partial charge in [-0.3, -0.25) is 9.79 Å². The second-order valence-electron chi connectivity index (χ2n) is 8.37. The second-order valence-corrected chi connectivity index (χ2v) is 8.37. The molecule has 0 bridgehead atoms. The number of carbonyl (C=O) groups is 1. The van der Waals surface area contributed by atoms with Crippen LogP contribution in [0.25, 0.3) is 0 Å². The zero-order valence-corrected chi connectivity index (χ0v) is 18.3. The molecule has 1 saturated heterocycles. The fourth-order valence-electron chi connectivity index (χ4n) is 4.09. The Morgan fingerprint density at radius 1 is 1.50 bits per heavy atom. The minimum Gasteiger partial charge on any atom is -0.438 e. The Labute approximate surface area is 186 Å². The van der Waals surface area contributed by atoms with Crippen LogP contribution >= 0.6 is 0 Å². The first kappa shape index (κ1) is 24.0. The first-order valence-corrected chi connectivity index (χ1v) is 10.7. The van der Waals surface area contributed by atoms with E-state index in [-0.39, 0.29) is 55.7 Å². The molecule has 3 heterocycles. The Bertz CT molecular complexity index is 903. The Hall–Kier alpha value is -2.61. The van der Waals surface area contributed by atoms with Crippen LogP contribution in [0.3, 0.4) is 0 Å². The fourth-order valence-corrected chi connectivity index (χ4v) is 4.09. The van der Waals surface area contributed by atoms with E-state index in [1.54, 1.807) is 20.1 Å². The number of hydrogen-bond donors (Lipinski definition) is 2. The number of nitrogens with zero attached hydrogens (tertiary/aromatic N) is 3. The van der Waals surface area contributed by atoms with Crippen molar-refractivity contribution in [3.05, 3.63) is 11.8 Å². The Morgan fingerprint density at radius 3 is 2.97 bits per heavy atom. The lowest BCUT2D eigenvalue weighted by Gasteiger charge is -2.29. The molecule has 0 saturated carbocycles. The zero-order chi connectivity index (χ0) is 23.3. The molecule has 0 aliphatic carbocycles. The molecular formula is C22H29FN4O5. The van der Waals surface area contributed by atoms with Crippen LogP contribution in [-0.4, -0.2) is 59.0 Å². The SMILES string of the molecule is C#C[C@]1(COCOC(=O)C(C)C)O[C@@H](C2C=Nc3c(N)nc(F)nc3CC2)C[C@@H]1CCO. The number of carbonyl (C=O) groups excluding carboxylic acids is 1. The highest BCUT2D eigenvalue weighted by molar-refractivity contribution is 5.73. The van der Waals surface area contributed by atoms with Gasteiger partial charge < -0.3 is 25.1 Å². The number of rotatable bonds is 8. The van der Waals surface area contributed by atoms with Gasteiger partial charge in [0.15, 0.2) is 18.2 Å². The molecule has 10 heteroatoms. The molecule has 0 aromatic carbocycles. The van der Waals surface area contributed by atoms with Crippen LogP contribution in [0.2, 0.25) is 0 Å². The number of terminal acetylenes is 1. The normalized spacial score (nSPS) is 27.1. The lowest BCUT2D eigenvalue weighted by atomic mass is 9.83. The topological polar surface area (TPSA) is 129 Å². The highest BCUT2D eigenvalue weighted by atomic mass is 19.1. The monoisotopic (exact) mass is 448 g/mol. The van der Waals surface area contributed by atoms with Gasteiger partial charge in [-0.1, -0.05) is 19.8 Å². The van der Waals surface area contributed by atoms with Crippen LogP contribution in [0.4, 0.5) is 15.9 Å². The molecule has 1 aromatic heterocycles. The van der Waals surface area contributed by atoms with E-state index in [4.69, 9.17) is 26.4 Å². The Kier molecular flexibility index (Phi) is 7.77. The number of aliphatic hydroxyl groups is 1. The predicted molar refractivity (Wildman–Crippen MR) is 114 cm³/mol. The van der Waals surface area contributed by atoms with Gasteiger partial charge in [0.25, 0.3) is 0 Å². The smallest absolute Gasteiger partial charge is 0.310 e. The van der Waals surface area contributed by atoms with Crippen molar-refractivity contribution in [1.82, 2.24) is 9.97 Å². The van der Waals surface area contributed by atoms with Crippen molar-refractivity contribution in [2.45, 2.75) is 51.2 Å². The molecule has 0 amide bonds. The molecule has 3 N–H and O–H groups in total. The van der Waals surface area contributed by atoms with E-state index in [9.17, 15) is 14.3 Å². The zero-order valence-electron chi connectivity index (χ0n) is 18.3. The number of aliphatic imine (C=N–C) groups is 1. The van der Waals surface area contributed by atoms with E-state index >= 15 is 0 Å². The number of nitrogens with two attached hydrogens (primary N) is 1. The molecule has 3 rings (SSSR count). The number of fused-ring (bicyclic) bond motifs is 1. The highest BCUT2D eigenvalue weighted by Gasteiger charge is 2.49. The highest BCUT2D eigenvalue weighted by Crippen LogP contribution is 2.42. The van der Waals surface area contributed by atoms with Gasteiger partial charge in [-0.15, -0.1) is 6.42 Å². The summed E-state index contributed by atoms with van der Waals surface area (Å²) >= 11 is 0. The summed E-state index contributed by atoms with van der Waals surface area (Å²) in [6, 6.07) is 0. The maximum Gasteiger partial charge on any atom is 0.310 e. The molecule has 1 fully saturated rings. The van der Waals surface area contributed by atoms with E-state index in [0.29, 0.717) is 37.1 Å². The number of hydrogen-bond acceptors (Lipinski definition) is 9. The minimum absolute atomic E-state index is 0.00258. The van der Waals surface area contributed by atoms with Gasteiger partial charge in [0, 0.05) is 24.7 Å². The molecule has 0 radical (unpaired) electrons. The van der Waals surface area contributed by atoms with Crippen molar-refractivity contribution in [2.24, 2.45) is 22.7 Å².